The number of carbonyl (C=O) groups excluding carboxylic acids is 1. The number of benzene rings is 2. The van der Waals surface area contributed by atoms with Gasteiger partial charge in [0.05, 0.1) is 18.5 Å². The van der Waals surface area contributed by atoms with Crippen LogP contribution in [0.25, 0.3) is 11.4 Å². The van der Waals surface area contributed by atoms with E-state index >= 15 is 0 Å². The number of ether oxygens (including phenoxy) is 1. The minimum Gasteiger partial charge on any atom is -0.469 e. The number of aryl methyl sites for hydroxylation is 2. The molecule has 0 radical (unpaired) electrons. The predicted octanol–water partition coefficient (Wildman–Crippen LogP) is 2.14. The Hall–Kier alpha value is -3.39. The summed E-state index contributed by atoms with van der Waals surface area (Å²) in [6.07, 6.45) is 0.881. The second-order valence-electron chi connectivity index (χ2n) is 6.28. The third-order valence-corrected chi connectivity index (χ3v) is 4.40. The van der Waals surface area contributed by atoms with E-state index in [1.54, 1.807) is 31.2 Å². The molecule has 0 aliphatic rings. The highest BCUT2D eigenvalue weighted by molar-refractivity contribution is 5.95. The van der Waals surface area contributed by atoms with Crippen LogP contribution in [-0.2, 0) is 16.0 Å². The number of nitrogens with two attached hydrogens (primary N) is 1. The van der Waals surface area contributed by atoms with Crippen molar-refractivity contribution in [3.05, 3.63) is 76.0 Å². The van der Waals surface area contributed by atoms with Crippen LogP contribution in [0.4, 0.5) is 0 Å². The Balaban J connectivity index is 0.00000300. The molecule has 29 heavy (non-hydrogen) atoms. The summed E-state index contributed by atoms with van der Waals surface area (Å²) in [5.74, 6) is 0.254. The summed E-state index contributed by atoms with van der Waals surface area (Å²) < 4.78 is 7.47. The molecule has 1 aromatic heterocycles. The molecule has 0 unspecified atom stereocenters. The molecular weight excluding hydrogens is 394 g/mol. The average Bonchev–Trinajstić information content (AvgIpc) is 3.00. The third-order valence-electron chi connectivity index (χ3n) is 4.40. The van der Waals surface area contributed by atoms with Gasteiger partial charge in [0.1, 0.15) is 11.7 Å². The number of esters is 1. The number of nitrogen functional groups attached to an aromatic ring is 1. The number of hydrogen-bond acceptors (Lipinski definition) is 5. The van der Waals surface area contributed by atoms with Crippen molar-refractivity contribution in [3.8, 4) is 11.4 Å². The van der Waals surface area contributed by atoms with E-state index < -0.39 is 0 Å². The van der Waals surface area contributed by atoms with Crippen LogP contribution in [-0.4, -0.2) is 33.3 Å². The lowest BCUT2D eigenvalue weighted by atomic mass is 10.1. The fourth-order valence-corrected chi connectivity index (χ4v) is 2.87. The molecule has 8 nitrogen and oxygen atoms in total. The number of hydrogen-bond donors (Lipinski definition) is 2. The lowest BCUT2D eigenvalue weighted by Crippen LogP contribution is -2.23. The summed E-state index contributed by atoms with van der Waals surface area (Å²) in [5, 5.41) is 11.8. The van der Waals surface area contributed by atoms with E-state index in [-0.39, 0.29) is 29.9 Å². The number of carbonyl (C=O) groups is 1. The first-order valence-electron chi connectivity index (χ1n) is 8.70. The summed E-state index contributed by atoms with van der Waals surface area (Å²) in [7, 11) is 1.37. The number of aromatic nitrogens is 3. The lowest BCUT2D eigenvalue weighted by Gasteiger charge is -2.05. The number of rotatable bonds is 6. The normalized spacial score (nSPS) is 10.3. The van der Waals surface area contributed by atoms with Gasteiger partial charge >= 0.3 is 11.7 Å². The molecule has 0 atom stereocenters. The zero-order valence-electron chi connectivity index (χ0n) is 16.1. The molecule has 152 valence electrons. The number of nitrogens with zero attached hydrogens (tertiary/aromatic N) is 3. The van der Waals surface area contributed by atoms with Crippen LogP contribution in [0.5, 0.6) is 0 Å². The van der Waals surface area contributed by atoms with Crippen molar-refractivity contribution in [2.24, 2.45) is 5.73 Å². The quantitative estimate of drug-likeness (QED) is 0.363. The molecule has 9 heteroatoms. The van der Waals surface area contributed by atoms with Crippen molar-refractivity contribution >= 4 is 24.2 Å². The third kappa shape index (κ3) is 4.72. The van der Waals surface area contributed by atoms with Gasteiger partial charge in [-0.25, -0.2) is 9.36 Å². The molecule has 0 fully saturated rings. The zero-order chi connectivity index (χ0) is 20.3. The van der Waals surface area contributed by atoms with Crippen LogP contribution in [0.1, 0.15) is 23.4 Å². The van der Waals surface area contributed by atoms with Gasteiger partial charge in [0, 0.05) is 12.0 Å². The molecule has 0 amide bonds. The highest BCUT2D eigenvalue weighted by Gasteiger charge is 2.13. The molecule has 0 spiro atoms. The summed E-state index contributed by atoms with van der Waals surface area (Å²) in [5.41, 5.74) is 8.01. The van der Waals surface area contributed by atoms with E-state index in [1.807, 2.05) is 24.3 Å². The van der Waals surface area contributed by atoms with Gasteiger partial charge in [0.2, 0.25) is 0 Å². The average molecular weight is 416 g/mol. The molecule has 0 aliphatic carbocycles. The van der Waals surface area contributed by atoms with Gasteiger partial charge in [-0.15, -0.1) is 17.5 Å². The van der Waals surface area contributed by atoms with Crippen molar-refractivity contribution in [3.63, 3.8) is 0 Å². The van der Waals surface area contributed by atoms with Gasteiger partial charge in [-0.3, -0.25) is 10.2 Å². The van der Waals surface area contributed by atoms with Crippen LogP contribution >= 0.6 is 12.4 Å². The van der Waals surface area contributed by atoms with Gasteiger partial charge in [-0.05, 0) is 55.3 Å². The second-order valence-corrected chi connectivity index (χ2v) is 6.28. The van der Waals surface area contributed by atoms with Crippen molar-refractivity contribution in [2.75, 3.05) is 7.11 Å². The van der Waals surface area contributed by atoms with E-state index in [1.165, 1.54) is 16.4 Å². The van der Waals surface area contributed by atoms with E-state index in [2.05, 4.69) is 9.84 Å². The molecule has 0 saturated heterocycles. The number of methoxy groups -OCH3 is 1. The van der Waals surface area contributed by atoms with Crippen LogP contribution in [0.3, 0.4) is 0 Å². The number of nitrogens with one attached hydrogen (secondary N) is 1. The van der Waals surface area contributed by atoms with E-state index in [4.69, 9.17) is 11.1 Å². The minimum absolute atomic E-state index is 0. The maximum atomic E-state index is 12.9. The Morgan fingerprint density at radius 1 is 1.10 bits per heavy atom. The van der Waals surface area contributed by atoms with Crippen molar-refractivity contribution < 1.29 is 9.53 Å². The van der Waals surface area contributed by atoms with Gasteiger partial charge in [-0.1, -0.05) is 12.1 Å². The molecular formula is C20H22ClN5O3. The number of halogens is 1. The standard InChI is InChI=1S/C20H21N5O3.ClH/c1-13-23-25(17-10-6-15(7-11-17)19(21)22)20(27)24(13)16-8-3-14(4-9-16)5-12-18(26)28-2;/h3-4,6-11H,5,12H2,1-2H3,(H3,21,22);1H. The first-order valence-corrected chi connectivity index (χ1v) is 8.70. The molecule has 3 rings (SSSR count). The summed E-state index contributed by atoms with van der Waals surface area (Å²) >= 11 is 0. The molecule has 0 aliphatic heterocycles. The van der Waals surface area contributed by atoms with Crippen molar-refractivity contribution in [1.29, 1.82) is 5.41 Å². The van der Waals surface area contributed by atoms with Crippen LogP contribution in [0, 0.1) is 12.3 Å². The van der Waals surface area contributed by atoms with Crippen LogP contribution < -0.4 is 11.4 Å². The largest absolute Gasteiger partial charge is 0.469 e. The van der Waals surface area contributed by atoms with Gasteiger partial charge < -0.3 is 10.5 Å². The molecule has 3 N–H and O–H groups in total. The smallest absolute Gasteiger partial charge is 0.355 e. The highest BCUT2D eigenvalue weighted by Crippen LogP contribution is 2.13. The van der Waals surface area contributed by atoms with Crippen molar-refractivity contribution in [1.82, 2.24) is 14.3 Å². The summed E-state index contributed by atoms with van der Waals surface area (Å²) in [4.78, 5) is 24.1. The summed E-state index contributed by atoms with van der Waals surface area (Å²) in [6, 6.07) is 14.2. The lowest BCUT2D eigenvalue weighted by molar-refractivity contribution is -0.140. The topological polar surface area (TPSA) is 116 Å². The Labute approximate surface area is 173 Å². The Kier molecular flexibility index (Phi) is 6.95. The SMILES string of the molecule is COC(=O)CCc1ccc(-n2c(C)nn(-c3ccc(C(=N)N)cc3)c2=O)cc1.Cl. The Morgan fingerprint density at radius 3 is 2.24 bits per heavy atom. The maximum absolute atomic E-state index is 12.9. The number of amidine groups is 1. The van der Waals surface area contributed by atoms with E-state index in [9.17, 15) is 9.59 Å². The fraction of sp³-hybridized carbons (Fsp3) is 0.200. The first-order chi connectivity index (χ1) is 13.4. The van der Waals surface area contributed by atoms with Crippen LogP contribution in [0.15, 0.2) is 53.3 Å². The predicted molar refractivity (Wildman–Crippen MR) is 112 cm³/mol. The second kappa shape index (κ2) is 9.20. The Morgan fingerprint density at radius 2 is 1.69 bits per heavy atom. The summed E-state index contributed by atoms with van der Waals surface area (Å²) in [6.45, 7) is 1.76. The molecule has 0 bridgehead atoms. The van der Waals surface area contributed by atoms with Gasteiger partial charge in [0.15, 0.2) is 0 Å². The van der Waals surface area contributed by atoms with Crippen LogP contribution in [0.2, 0.25) is 0 Å². The molecule has 2 aromatic carbocycles. The van der Waals surface area contributed by atoms with E-state index in [0.717, 1.165) is 5.56 Å². The zero-order valence-corrected chi connectivity index (χ0v) is 16.9. The molecule has 1 heterocycles. The molecule has 3 aromatic rings. The monoisotopic (exact) mass is 415 g/mol. The van der Waals surface area contributed by atoms with Gasteiger partial charge in [0.25, 0.3) is 0 Å². The first kappa shape index (κ1) is 21.9. The highest BCUT2D eigenvalue weighted by atomic mass is 35.5. The van der Waals surface area contributed by atoms with Gasteiger partial charge in [-0.2, -0.15) is 4.68 Å². The Bertz CT molecular complexity index is 1070. The van der Waals surface area contributed by atoms with Crippen molar-refractivity contribution in [2.45, 2.75) is 19.8 Å². The fourth-order valence-electron chi connectivity index (χ4n) is 2.87. The minimum atomic E-state index is -0.296. The maximum Gasteiger partial charge on any atom is 0.355 e. The van der Waals surface area contributed by atoms with E-state index in [0.29, 0.717) is 35.6 Å². The molecule has 0 saturated carbocycles.